The van der Waals surface area contributed by atoms with E-state index in [1.807, 2.05) is 13.8 Å². The second kappa shape index (κ2) is 9.08. The Morgan fingerprint density at radius 2 is 1.94 bits per heavy atom. The predicted octanol–water partition coefficient (Wildman–Crippen LogP) is 2.53. The molecular weight excluding hydrogens is 412 g/mol. The molecule has 1 unspecified atom stereocenters. The lowest BCUT2D eigenvalue weighted by molar-refractivity contribution is -0.140. The van der Waals surface area contributed by atoms with E-state index in [9.17, 15) is 19.8 Å². The maximum Gasteiger partial charge on any atom is 0.264 e. The summed E-state index contributed by atoms with van der Waals surface area (Å²) >= 11 is 0. The van der Waals surface area contributed by atoms with Crippen LogP contribution in [0.25, 0.3) is 0 Å². The summed E-state index contributed by atoms with van der Waals surface area (Å²) in [4.78, 5) is 25.8. The highest BCUT2D eigenvalue weighted by atomic mass is 16.5. The molecule has 0 saturated heterocycles. The van der Waals surface area contributed by atoms with Crippen molar-refractivity contribution in [3.63, 3.8) is 0 Å². The number of hydrogen-bond donors (Lipinski definition) is 4. The Morgan fingerprint density at radius 3 is 2.59 bits per heavy atom. The molecule has 0 saturated carbocycles. The largest absolute Gasteiger partial charge is 0.507 e. The Balaban J connectivity index is 1.76. The van der Waals surface area contributed by atoms with Crippen LogP contribution in [0.3, 0.4) is 0 Å². The molecule has 0 spiro atoms. The third-order valence-corrected chi connectivity index (χ3v) is 6.14. The monoisotopic (exact) mass is 442 g/mol. The average Bonchev–Trinajstić information content (AvgIpc) is 2.79. The highest BCUT2D eigenvalue weighted by Gasteiger charge is 2.42. The number of carbonyl (C=O) groups is 2. The first kappa shape index (κ1) is 23.4. The molecule has 1 aliphatic rings. The fourth-order valence-electron chi connectivity index (χ4n) is 3.84. The van der Waals surface area contributed by atoms with Crippen molar-refractivity contribution in [2.45, 2.75) is 52.2 Å². The predicted molar refractivity (Wildman–Crippen MR) is 120 cm³/mol. The van der Waals surface area contributed by atoms with Gasteiger partial charge in [0.15, 0.2) is 5.60 Å². The Hall–Kier alpha value is -3.26. The second-order valence-electron chi connectivity index (χ2n) is 8.29. The van der Waals surface area contributed by atoms with E-state index in [0.717, 1.165) is 16.7 Å². The van der Waals surface area contributed by atoms with Crippen LogP contribution in [-0.4, -0.2) is 47.4 Å². The number of hydrogen-bond acceptors (Lipinski definition) is 6. The summed E-state index contributed by atoms with van der Waals surface area (Å²) in [5.74, 6) is 0.351. The molecule has 3 rings (SSSR count). The Kier molecular flexibility index (Phi) is 6.64. The first-order valence-corrected chi connectivity index (χ1v) is 10.5. The van der Waals surface area contributed by atoms with Gasteiger partial charge in [-0.2, -0.15) is 0 Å². The highest BCUT2D eigenvalue weighted by molar-refractivity contribution is 5.98. The summed E-state index contributed by atoms with van der Waals surface area (Å²) in [5.41, 5.74) is 2.37. The normalized spacial score (nSPS) is 18.2. The van der Waals surface area contributed by atoms with Crippen LogP contribution >= 0.6 is 0 Å². The van der Waals surface area contributed by atoms with Gasteiger partial charge in [0.25, 0.3) is 5.91 Å². The first-order chi connectivity index (χ1) is 15.1. The average molecular weight is 443 g/mol. The lowest BCUT2D eigenvalue weighted by Crippen LogP contribution is -2.56. The molecule has 8 nitrogen and oxygen atoms in total. The van der Waals surface area contributed by atoms with E-state index in [4.69, 9.17) is 9.47 Å². The number of methoxy groups -OCH3 is 1. The van der Waals surface area contributed by atoms with Crippen molar-refractivity contribution in [3.05, 3.63) is 46.5 Å². The summed E-state index contributed by atoms with van der Waals surface area (Å²) < 4.78 is 11.3. The minimum atomic E-state index is -1.22. The van der Waals surface area contributed by atoms with Crippen LogP contribution < -0.4 is 20.1 Å². The number of anilines is 1. The number of amides is 2. The summed E-state index contributed by atoms with van der Waals surface area (Å²) in [6.45, 7) is 6.57. The van der Waals surface area contributed by atoms with Gasteiger partial charge in [0.1, 0.15) is 23.3 Å². The van der Waals surface area contributed by atoms with E-state index >= 15 is 0 Å². The molecular formula is C24H30N2O6. The topological polar surface area (TPSA) is 117 Å². The van der Waals surface area contributed by atoms with Gasteiger partial charge >= 0.3 is 0 Å². The molecule has 0 aliphatic carbocycles. The van der Waals surface area contributed by atoms with Crippen molar-refractivity contribution in [1.29, 1.82) is 0 Å². The van der Waals surface area contributed by atoms with Gasteiger partial charge in [0, 0.05) is 23.7 Å². The highest BCUT2D eigenvalue weighted by Crippen LogP contribution is 2.43. The second-order valence-corrected chi connectivity index (χ2v) is 8.29. The molecule has 0 fully saturated rings. The number of phenols is 1. The molecule has 8 heteroatoms. The number of aliphatic hydroxyl groups excluding tert-OH is 1. The number of phenolic OH excluding ortho intramolecular Hbond substituents is 1. The van der Waals surface area contributed by atoms with Crippen molar-refractivity contribution in [3.8, 4) is 17.2 Å². The maximum atomic E-state index is 13.1. The van der Waals surface area contributed by atoms with Gasteiger partial charge in [-0.05, 0) is 62.9 Å². The van der Waals surface area contributed by atoms with E-state index in [2.05, 4.69) is 10.6 Å². The van der Waals surface area contributed by atoms with Gasteiger partial charge in [-0.15, -0.1) is 0 Å². The molecule has 2 aromatic carbocycles. The van der Waals surface area contributed by atoms with E-state index in [0.29, 0.717) is 35.6 Å². The zero-order valence-electron chi connectivity index (χ0n) is 19.0. The lowest BCUT2D eigenvalue weighted by Gasteiger charge is -2.37. The molecule has 0 radical (unpaired) electrons. The Morgan fingerprint density at radius 1 is 1.22 bits per heavy atom. The zero-order chi connectivity index (χ0) is 23.6. The fourth-order valence-corrected chi connectivity index (χ4v) is 3.84. The smallest absolute Gasteiger partial charge is 0.264 e. The van der Waals surface area contributed by atoms with Crippen molar-refractivity contribution < 1.29 is 29.3 Å². The number of ether oxygens (including phenoxy) is 2. The molecule has 4 N–H and O–H groups in total. The molecule has 0 bridgehead atoms. The van der Waals surface area contributed by atoms with E-state index in [-0.39, 0.29) is 5.75 Å². The molecule has 172 valence electrons. The number of benzene rings is 2. The summed E-state index contributed by atoms with van der Waals surface area (Å²) in [6.07, 6.45) is 0.907. The number of aliphatic hydroxyl groups is 1. The van der Waals surface area contributed by atoms with E-state index < -0.39 is 30.1 Å². The number of fused-ring (bicyclic) bond motifs is 1. The van der Waals surface area contributed by atoms with Gasteiger partial charge in [-0.25, -0.2) is 0 Å². The number of rotatable bonds is 6. The zero-order valence-corrected chi connectivity index (χ0v) is 19.0. The summed E-state index contributed by atoms with van der Waals surface area (Å²) in [7, 11) is 1.52. The molecule has 32 heavy (non-hydrogen) atoms. The third kappa shape index (κ3) is 4.36. The maximum absolute atomic E-state index is 13.1. The van der Waals surface area contributed by atoms with Gasteiger partial charge < -0.3 is 30.3 Å². The lowest BCUT2D eigenvalue weighted by atomic mass is 9.86. The fraction of sp³-hybridized carbons (Fsp3) is 0.417. The molecule has 0 aromatic heterocycles. The standard InChI is InChI=1S/C24H30N2O6/c1-13-14(2)21-18(15(3)20(13)28)9-10-24(4,32-21)23(30)26-19(12-27)22(29)25-16-7-6-8-17(11-16)31-5/h6-8,11,19,27-28H,9-10,12H2,1-5H3,(H,25,29)(H,26,30)/t19-,24?/m0/s1. The summed E-state index contributed by atoms with van der Waals surface area (Å²) in [6, 6.07) is 5.63. The minimum Gasteiger partial charge on any atom is -0.507 e. The Labute approximate surface area is 187 Å². The minimum absolute atomic E-state index is 0.243. The summed E-state index contributed by atoms with van der Waals surface area (Å²) in [5, 5.41) is 25.4. The van der Waals surface area contributed by atoms with Gasteiger partial charge in [-0.1, -0.05) is 6.07 Å². The quantitative estimate of drug-likeness (QED) is 0.546. The van der Waals surface area contributed by atoms with E-state index in [1.54, 1.807) is 38.1 Å². The van der Waals surface area contributed by atoms with Crippen LogP contribution in [-0.2, 0) is 16.0 Å². The molecule has 1 aliphatic heterocycles. The van der Waals surface area contributed by atoms with Crippen molar-refractivity contribution in [2.24, 2.45) is 0 Å². The van der Waals surface area contributed by atoms with Crippen LogP contribution in [0.4, 0.5) is 5.69 Å². The SMILES string of the molecule is COc1cccc(NC(=O)[C@H](CO)NC(=O)C2(C)CCc3c(C)c(O)c(C)c(C)c3O2)c1. The van der Waals surface area contributed by atoms with Crippen molar-refractivity contribution in [2.75, 3.05) is 19.0 Å². The van der Waals surface area contributed by atoms with Gasteiger partial charge in [0.05, 0.1) is 13.7 Å². The van der Waals surface area contributed by atoms with Crippen molar-refractivity contribution in [1.82, 2.24) is 5.32 Å². The molecule has 2 atom stereocenters. The van der Waals surface area contributed by atoms with Crippen LogP contribution in [0.5, 0.6) is 17.2 Å². The number of aromatic hydroxyl groups is 1. The van der Waals surface area contributed by atoms with Crippen LogP contribution in [0.1, 0.15) is 35.6 Å². The van der Waals surface area contributed by atoms with Crippen LogP contribution in [0.2, 0.25) is 0 Å². The van der Waals surface area contributed by atoms with Crippen LogP contribution in [0, 0.1) is 20.8 Å². The van der Waals surface area contributed by atoms with Gasteiger partial charge in [0.2, 0.25) is 5.91 Å². The van der Waals surface area contributed by atoms with Crippen molar-refractivity contribution >= 4 is 17.5 Å². The van der Waals surface area contributed by atoms with Gasteiger partial charge in [-0.3, -0.25) is 9.59 Å². The molecule has 2 amide bonds. The molecule has 1 heterocycles. The Bertz CT molecular complexity index is 1050. The molecule has 2 aromatic rings. The number of nitrogens with one attached hydrogen (secondary N) is 2. The van der Waals surface area contributed by atoms with Crippen LogP contribution in [0.15, 0.2) is 24.3 Å². The first-order valence-electron chi connectivity index (χ1n) is 10.5. The van der Waals surface area contributed by atoms with E-state index in [1.165, 1.54) is 7.11 Å². The number of carbonyl (C=O) groups excluding carboxylic acids is 2. The third-order valence-electron chi connectivity index (χ3n) is 6.14.